The Bertz CT molecular complexity index is 655. The van der Waals surface area contributed by atoms with Crippen LogP contribution >= 0.6 is 0 Å². The van der Waals surface area contributed by atoms with Crippen molar-refractivity contribution in [3.63, 3.8) is 0 Å². The zero-order valence-electron chi connectivity index (χ0n) is 13.8. The summed E-state index contributed by atoms with van der Waals surface area (Å²) >= 11 is 0. The Labute approximate surface area is 132 Å². The van der Waals surface area contributed by atoms with Gasteiger partial charge in [-0.25, -0.2) is 0 Å². The van der Waals surface area contributed by atoms with E-state index in [0.717, 1.165) is 18.4 Å². The molecule has 1 aromatic rings. The van der Waals surface area contributed by atoms with E-state index in [-0.39, 0.29) is 11.9 Å². The van der Waals surface area contributed by atoms with Crippen LogP contribution in [0.2, 0.25) is 0 Å². The number of allylic oxidation sites excluding steroid dienone is 1. The van der Waals surface area contributed by atoms with Gasteiger partial charge in [0.1, 0.15) is 5.84 Å². The third kappa shape index (κ3) is 2.63. The molecule has 116 valence electrons. The van der Waals surface area contributed by atoms with Crippen molar-refractivity contribution >= 4 is 11.7 Å². The van der Waals surface area contributed by atoms with Crippen LogP contribution in [0.15, 0.2) is 42.0 Å². The Morgan fingerprint density at radius 1 is 1.27 bits per heavy atom. The van der Waals surface area contributed by atoms with E-state index in [1.807, 2.05) is 26.8 Å². The molecular formula is C19H24N2O. The Kier molecular flexibility index (Phi) is 4.96. The van der Waals surface area contributed by atoms with Crippen molar-refractivity contribution in [3.8, 4) is 0 Å². The topological polar surface area (TPSA) is 44.2 Å². The second kappa shape index (κ2) is 6.73. The van der Waals surface area contributed by atoms with Gasteiger partial charge in [-0.05, 0) is 49.5 Å². The lowest BCUT2D eigenvalue weighted by Crippen LogP contribution is -2.40. The number of hydrogen-bond acceptors (Lipinski definition) is 2. The van der Waals surface area contributed by atoms with Crippen molar-refractivity contribution in [1.29, 1.82) is 5.41 Å². The summed E-state index contributed by atoms with van der Waals surface area (Å²) in [6.07, 6.45) is 7.07. The Morgan fingerprint density at radius 3 is 2.68 bits per heavy atom. The summed E-state index contributed by atoms with van der Waals surface area (Å²) in [5.74, 6) is 0.239. The highest BCUT2D eigenvalue weighted by molar-refractivity contribution is 6.14. The van der Waals surface area contributed by atoms with Crippen LogP contribution in [0.1, 0.15) is 49.9 Å². The minimum absolute atomic E-state index is 0.00565. The molecule has 3 rings (SSSR count). The second-order valence-electron chi connectivity index (χ2n) is 5.34. The maximum Gasteiger partial charge on any atom is 0.252 e. The Morgan fingerprint density at radius 2 is 2.00 bits per heavy atom. The lowest BCUT2D eigenvalue weighted by Gasteiger charge is -2.32. The summed E-state index contributed by atoms with van der Waals surface area (Å²) in [6.45, 7) is 7.98. The van der Waals surface area contributed by atoms with Crippen molar-refractivity contribution in [2.45, 2.75) is 46.6 Å². The van der Waals surface area contributed by atoms with E-state index in [1.54, 1.807) is 17.1 Å². The van der Waals surface area contributed by atoms with Crippen LogP contribution in [0, 0.1) is 12.3 Å². The lowest BCUT2D eigenvalue weighted by atomic mass is 9.98. The summed E-state index contributed by atoms with van der Waals surface area (Å²) < 4.78 is 0. The van der Waals surface area contributed by atoms with E-state index in [4.69, 9.17) is 5.41 Å². The second-order valence-corrected chi connectivity index (χ2v) is 5.34. The number of hydrogen-bond donors (Lipinski definition) is 1. The van der Waals surface area contributed by atoms with Crippen molar-refractivity contribution in [2.24, 2.45) is 0 Å². The highest BCUT2D eigenvalue weighted by Gasteiger charge is 2.35. The van der Waals surface area contributed by atoms with Gasteiger partial charge >= 0.3 is 0 Å². The van der Waals surface area contributed by atoms with Gasteiger partial charge in [0.05, 0.1) is 6.04 Å². The summed E-state index contributed by atoms with van der Waals surface area (Å²) in [5, 5.41) is 8.30. The summed E-state index contributed by atoms with van der Waals surface area (Å²) in [4.78, 5) is 13.9. The van der Waals surface area contributed by atoms with E-state index >= 15 is 0 Å². The predicted octanol–water partition coefficient (Wildman–Crippen LogP) is 4.33. The average molecular weight is 296 g/mol. The van der Waals surface area contributed by atoms with Gasteiger partial charge in [-0.15, -0.1) is 0 Å². The number of fused-ring (bicyclic) bond motifs is 1. The Balaban J connectivity index is 0.000000847. The first-order valence-corrected chi connectivity index (χ1v) is 7.98. The number of amidine groups is 1. The van der Waals surface area contributed by atoms with Crippen LogP contribution in [0.5, 0.6) is 0 Å². The zero-order chi connectivity index (χ0) is 16.3. The molecule has 0 spiro atoms. The van der Waals surface area contributed by atoms with Gasteiger partial charge in [-0.2, -0.15) is 0 Å². The minimum atomic E-state index is -0.0818. The first-order chi connectivity index (χ1) is 10.6. The lowest BCUT2D eigenvalue weighted by molar-refractivity contribution is -0.124. The molecule has 1 aliphatic carbocycles. The van der Waals surface area contributed by atoms with Gasteiger partial charge < -0.3 is 0 Å². The smallest absolute Gasteiger partial charge is 0.252 e. The van der Waals surface area contributed by atoms with Crippen molar-refractivity contribution in [1.82, 2.24) is 4.90 Å². The molecule has 1 unspecified atom stereocenters. The normalized spacial score (nSPS) is 21.7. The van der Waals surface area contributed by atoms with Crippen LogP contribution < -0.4 is 0 Å². The summed E-state index contributed by atoms with van der Waals surface area (Å²) in [7, 11) is 0. The molecule has 22 heavy (non-hydrogen) atoms. The van der Waals surface area contributed by atoms with E-state index in [2.05, 4.69) is 25.1 Å². The summed E-state index contributed by atoms with van der Waals surface area (Å²) in [6, 6.07) is 6.29. The molecule has 1 N–H and O–H groups in total. The molecule has 0 radical (unpaired) electrons. The molecule has 0 saturated heterocycles. The SMILES string of the molecule is C/C=C1/C=CC(=O)N(C2CCc3cccc(C)c32)C1=N.CC. The molecule has 1 heterocycles. The van der Waals surface area contributed by atoms with E-state index in [0.29, 0.717) is 5.84 Å². The third-order valence-electron chi connectivity index (χ3n) is 4.21. The van der Waals surface area contributed by atoms with Gasteiger partial charge in [0.15, 0.2) is 0 Å². The Hall–Kier alpha value is -2.16. The molecular weight excluding hydrogens is 272 g/mol. The van der Waals surface area contributed by atoms with E-state index in [1.165, 1.54) is 16.7 Å². The quantitative estimate of drug-likeness (QED) is 0.823. The van der Waals surface area contributed by atoms with Gasteiger partial charge in [0, 0.05) is 11.6 Å². The first-order valence-electron chi connectivity index (χ1n) is 7.98. The number of carbonyl (C=O) groups is 1. The average Bonchev–Trinajstić information content (AvgIpc) is 2.95. The molecule has 0 bridgehead atoms. The largest absolute Gasteiger partial charge is 0.286 e. The molecule has 3 nitrogen and oxygen atoms in total. The molecule has 0 saturated carbocycles. The maximum absolute atomic E-state index is 12.2. The monoisotopic (exact) mass is 296 g/mol. The standard InChI is InChI=1S/C17H18N2O.C2H6/c1-3-12-8-10-15(20)19(17(12)18)14-9-7-13-6-4-5-11(2)16(13)14;1-2/h3-6,8,10,14,18H,7,9H2,1-2H3;1-2H3/b12-3-,18-17?;. The molecule has 1 atom stereocenters. The number of benzene rings is 1. The molecule has 0 fully saturated rings. The van der Waals surface area contributed by atoms with Crippen molar-refractivity contribution < 1.29 is 4.79 Å². The fraction of sp³-hybridized carbons (Fsp3) is 0.368. The number of aryl methyl sites for hydroxylation is 2. The number of carbonyl (C=O) groups excluding carboxylic acids is 1. The fourth-order valence-electron chi connectivity index (χ4n) is 3.24. The van der Waals surface area contributed by atoms with Crippen LogP contribution in [0.25, 0.3) is 0 Å². The first kappa shape index (κ1) is 16.2. The predicted molar refractivity (Wildman–Crippen MR) is 91.1 cm³/mol. The number of nitrogens with zero attached hydrogens (tertiary/aromatic N) is 1. The maximum atomic E-state index is 12.2. The van der Waals surface area contributed by atoms with Crippen molar-refractivity contribution in [3.05, 3.63) is 58.7 Å². The van der Waals surface area contributed by atoms with Gasteiger partial charge in [0.2, 0.25) is 0 Å². The molecule has 3 heteroatoms. The van der Waals surface area contributed by atoms with Crippen LogP contribution in [0.3, 0.4) is 0 Å². The van der Waals surface area contributed by atoms with Crippen LogP contribution in [0.4, 0.5) is 0 Å². The van der Waals surface area contributed by atoms with Crippen LogP contribution in [-0.4, -0.2) is 16.6 Å². The molecule has 1 aliphatic heterocycles. The fourth-order valence-corrected chi connectivity index (χ4v) is 3.24. The number of amides is 1. The third-order valence-corrected chi connectivity index (χ3v) is 4.21. The van der Waals surface area contributed by atoms with Gasteiger partial charge in [-0.3, -0.25) is 15.1 Å². The molecule has 1 aromatic carbocycles. The van der Waals surface area contributed by atoms with Crippen LogP contribution in [-0.2, 0) is 11.2 Å². The zero-order valence-corrected chi connectivity index (χ0v) is 13.8. The molecule has 2 aliphatic rings. The van der Waals surface area contributed by atoms with E-state index in [9.17, 15) is 4.79 Å². The highest BCUT2D eigenvalue weighted by atomic mass is 16.2. The summed E-state index contributed by atoms with van der Waals surface area (Å²) in [5.41, 5.74) is 4.57. The number of nitrogens with one attached hydrogen (secondary N) is 1. The molecule has 1 amide bonds. The number of rotatable bonds is 1. The van der Waals surface area contributed by atoms with E-state index < -0.39 is 0 Å². The van der Waals surface area contributed by atoms with Gasteiger partial charge in [0.25, 0.3) is 5.91 Å². The minimum Gasteiger partial charge on any atom is -0.286 e. The van der Waals surface area contributed by atoms with Crippen molar-refractivity contribution in [2.75, 3.05) is 0 Å². The highest BCUT2D eigenvalue weighted by Crippen LogP contribution is 2.39. The van der Waals surface area contributed by atoms with Gasteiger partial charge in [-0.1, -0.05) is 38.1 Å². The molecule has 0 aromatic heterocycles.